The predicted octanol–water partition coefficient (Wildman–Crippen LogP) is 5.94. The highest BCUT2D eigenvalue weighted by Gasteiger charge is 2.56. The summed E-state index contributed by atoms with van der Waals surface area (Å²) in [6, 6.07) is 8.90. The summed E-state index contributed by atoms with van der Waals surface area (Å²) in [5.74, 6) is 2.65. The van der Waals surface area contributed by atoms with Crippen LogP contribution in [0.4, 0.5) is 0 Å². The Morgan fingerprint density at radius 3 is 2.08 bits per heavy atom. The minimum absolute atomic E-state index is 0.242. The van der Waals surface area contributed by atoms with E-state index in [1.807, 2.05) is 12.1 Å². The van der Waals surface area contributed by atoms with Gasteiger partial charge in [0.25, 0.3) is 0 Å². The van der Waals surface area contributed by atoms with E-state index in [0.29, 0.717) is 6.04 Å². The third-order valence-electron chi connectivity index (χ3n) is 6.68. The quantitative estimate of drug-likeness (QED) is 0.596. The molecular weight excluding hydrogens is 403 g/mol. The van der Waals surface area contributed by atoms with Crippen molar-refractivity contribution < 1.29 is 0 Å². The van der Waals surface area contributed by atoms with Crippen molar-refractivity contribution in [3.8, 4) is 0 Å². The fourth-order valence-electron chi connectivity index (χ4n) is 6.02. The molecule has 2 aromatic heterocycles. The zero-order valence-corrected chi connectivity index (χ0v) is 17.8. The van der Waals surface area contributed by atoms with E-state index in [-0.39, 0.29) is 5.54 Å². The Bertz CT molecular complexity index is 772. The lowest BCUT2D eigenvalue weighted by Gasteiger charge is -2.61. The largest absolute Gasteiger partial charge is 0.307 e. The average Bonchev–Trinajstić information content (AvgIpc) is 3.20. The fourth-order valence-corrected chi connectivity index (χ4v) is 8.09. The van der Waals surface area contributed by atoms with E-state index in [9.17, 15) is 0 Å². The molecule has 0 amide bonds. The van der Waals surface area contributed by atoms with E-state index in [1.54, 1.807) is 22.7 Å². The number of nitrogens with one attached hydrogen (secondary N) is 2. The van der Waals surface area contributed by atoms with Crippen LogP contribution in [0.3, 0.4) is 0 Å². The van der Waals surface area contributed by atoms with Crippen LogP contribution in [0.15, 0.2) is 24.3 Å². The Labute approximate surface area is 173 Å². The Balaban J connectivity index is 1.34. The number of rotatable bonds is 6. The third kappa shape index (κ3) is 3.38. The Hall–Kier alpha value is -0.100. The van der Waals surface area contributed by atoms with E-state index in [4.69, 9.17) is 23.2 Å². The SMILES string of the molecule is Clc1ccc(CNC2C3CC4CC(C3)CC2(NCc2ccc(Cl)s2)C4)s1. The monoisotopic (exact) mass is 426 g/mol. The lowest BCUT2D eigenvalue weighted by Crippen LogP contribution is -2.70. The van der Waals surface area contributed by atoms with Gasteiger partial charge < -0.3 is 10.6 Å². The van der Waals surface area contributed by atoms with Gasteiger partial charge in [0.05, 0.1) is 8.67 Å². The normalized spacial score (nSPS) is 35.3. The van der Waals surface area contributed by atoms with Crippen LogP contribution in [0.25, 0.3) is 0 Å². The Kier molecular flexibility index (Phi) is 4.87. The molecule has 4 saturated carbocycles. The lowest BCUT2D eigenvalue weighted by molar-refractivity contribution is -0.0526. The van der Waals surface area contributed by atoms with Crippen LogP contribution in [0.1, 0.15) is 41.9 Å². The fraction of sp³-hybridized carbons (Fsp3) is 0.600. The highest BCUT2D eigenvalue weighted by molar-refractivity contribution is 7.16. The number of hydrogen-bond acceptors (Lipinski definition) is 4. The van der Waals surface area contributed by atoms with E-state index in [0.717, 1.165) is 39.5 Å². The summed E-state index contributed by atoms with van der Waals surface area (Å²) < 4.78 is 1.77. The number of halogens is 2. The van der Waals surface area contributed by atoms with Gasteiger partial charge in [0, 0.05) is 34.4 Å². The van der Waals surface area contributed by atoms with Crippen LogP contribution in [0.2, 0.25) is 8.67 Å². The molecule has 26 heavy (non-hydrogen) atoms. The smallest absolute Gasteiger partial charge is 0.0931 e. The van der Waals surface area contributed by atoms with Crippen molar-refractivity contribution in [1.82, 2.24) is 10.6 Å². The molecule has 3 atom stereocenters. The maximum absolute atomic E-state index is 6.13. The predicted molar refractivity (Wildman–Crippen MR) is 112 cm³/mol. The summed E-state index contributed by atoms with van der Waals surface area (Å²) in [5.41, 5.74) is 0.242. The van der Waals surface area contributed by atoms with Crippen molar-refractivity contribution in [3.63, 3.8) is 0 Å². The maximum Gasteiger partial charge on any atom is 0.0931 e. The third-order valence-corrected chi connectivity index (χ3v) is 9.14. The minimum Gasteiger partial charge on any atom is -0.307 e. The second-order valence-corrected chi connectivity index (χ2v) is 12.0. The summed E-state index contributed by atoms with van der Waals surface area (Å²) in [7, 11) is 0. The number of thiophene rings is 2. The summed E-state index contributed by atoms with van der Waals surface area (Å²) in [5, 5.41) is 7.96. The molecule has 0 spiro atoms. The van der Waals surface area contributed by atoms with E-state index >= 15 is 0 Å². The van der Waals surface area contributed by atoms with Gasteiger partial charge in [-0.2, -0.15) is 0 Å². The second-order valence-electron chi connectivity index (χ2n) is 8.39. The van der Waals surface area contributed by atoms with Crippen molar-refractivity contribution in [1.29, 1.82) is 0 Å². The van der Waals surface area contributed by atoms with Gasteiger partial charge in [-0.15, -0.1) is 22.7 Å². The van der Waals surface area contributed by atoms with E-state index in [2.05, 4.69) is 22.8 Å². The molecule has 4 aliphatic rings. The zero-order valence-electron chi connectivity index (χ0n) is 14.6. The first-order valence-corrected chi connectivity index (χ1v) is 12.0. The minimum atomic E-state index is 0.242. The summed E-state index contributed by atoms with van der Waals surface area (Å²) in [6.07, 6.45) is 6.92. The van der Waals surface area contributed by atoms with Crippen molar-refractivity contribution in [2.24, 2.45) is 17.8 Å². The molecular formula is C20H24Cl2N2S2. The van der Waals surface area contributed by atoms with Gasteiger partial charge >= 0.3 is 0 Å². The molecule has 0 aliphatic heterocycles. The first-order chi connectivity index (χ1) is 12.6. The van der Waals surface area contributed by atoms with Gasteiger partial charge in [0.2, 0.25) is 0 Å². The van der Waals surface area contributed by atoms with Gasteiger partial charge in [-0.1, -0.05) is 23.2 Å². The summed E-state index contributed by atoms with van der Waals surface area (Å²) in [4.78, 5) is 2.68. The number of hydrogen-bond donors (Lipinski definition) is 2. The van der Waals surface area contributed by atoms with Gasteiger partial charge in [-0.3, -0.25) is 0 Å². The lowest BCUT2D eigenvalue weighted by atomic mass is 9.50. The molecule has 2 N–H and O–H groups in total. The molecule has 4 bridgehead atoms. The first kappa shape index (κ1) is 18.0. The van der Waals surface area contributed by atoms with Gasteiger partial charge in [0.15, 0.2) is 0 Å². The molecule has 0 radical (unpaired) electrons. The molecule has 6 rings (SSSR count). The van der Waals surface area contributed by atoms with Crippen molar-refractivity contribution in [3.05, 3.63) is 42.7 Å². The molecule has 2 aromatic rings. The summed E-state index contributed by atoms with van der Waals surface area (Å²) in [6.45, 7) is 1.87. The standard InChI is InChI=1S/C20H24Cl2N2S2/c21-17-3-1-15(25-17)10-23-19-14-6-12-5-13(7-14)9-20(19,8-12)24-11-16-2-4-18(22)26-16/h1-4,12-14,19,23-24H,5-11H2. The van der Waals surface area contributed by atoms with Crippen LogP contribution < -0.4 is 10.6 Å². The van der Waals surface area contributed by atoms with Crippen LogP contribution in [0.5, 0.6) is 0 Å². The zero-order chi connectivity index (χ0) is 17.7. The molecule has 6 heteroatoms. The highest BCUT2D eigenvalue weighted by atomic mass is 35.5. The maximum atomic E-state index is 6.13. The first-order valence-electron chi connectivity index (χ1n) is 9.56. The van der Waals surface area contributed by atoms with E-state index in [1.165, 1.54) is 41.9 Å². The van der Waals surface area contributed by atoms with Crippen molar-refractivity contribution in [2.75, 3.05) is 0 Å². The van der Waals surface area contributed by atoms with Crippen molar-refractivity contribution in [2.45, 2.75) is 56.8 Å². The Morgan fingerprint density at radius 1 is 0.885 bits per heavy atom. The van der Waals surface area contributed by atoms with Crippen LogP contribution in [-0.2, 0) is 13.1 Å². The summed E-state index contributed by atoms with van der Waals surface area (Å²) >= 11 is 15.6. The molecule has 4 fully saturated rings. The van der Waals surface area contributed by atoms with Gasteiger partial charge in [-0.05, 0) is 74.1 Å². The van der Waals surface area contributed by atoms with Gasteiger partial charge in [0.1, 0.15) is 0 Å². The molecule has 0 saturated heterocycles. The van der Waals surface area contributed by atoms with Gasteiger partial charge in [-0.25, -0.2) is 0 Å². The van der Waals surface area contributed by atoms with Crippen LogP contribution in [-0.4, -0.2) is 11.6 Å². The van der Waals surface area contributed by atoms with Crippen LogP contribution >= 0.6 is 45.9 Å². The molecule has 2 nitrogen and oxygen atoms in total. The molecule has 4 aliphatic carbocycles. The molecule has 0 aromatic carbocycles. The average molecular weight is 427 g/mol. The molecule has 2 heterocycles. The molecule has 140 valence electrons. The van der Waals surface area contributed by atoms with Crippen molar-refractivity contribution >= 4 is 45.9 Å². The Morgan fingerprint density at radius 2 is 1.50 bits per heavy atom. The van der Waals surface area contributed by atoms with Crippen LogP contribution in [0, 0.1) is 17.8 Å². The molecule has 3 unspecified atom stereocenters. The topological polar surface area (TPSA) is 24.1 Å². The van der Waals surface area contributed by atoms with E-state index < -0.39 is 0 Å². The highest BCUT2D eigenvalue weighted by Crippen LogP contribution is 2.56. The second kappa shape index (κ2) is 7.06.